The van der Waals surface area contributed by atoms with E-state index in [9.17, 15) is 18.0 Å². The van der Waals surface area contributed by atoms with Crippen molar-refractivity contribution in [3.05, 3.63) is 47.0 Å². The highest BCUT2D eigenvalue weighted by Crippen LogP contribution is 2.19. The molecule has 1 aliphatic rings. The lowest BCUT2D eigenvalue weighted by atomic mass is 10.3. The summed E-state index contributed by atoms with van der Waals surface area (Å²) in [5.74, 6) is -0.241. The monoisotopic (exact) mass is 384 g/mol. The second-order valence-corrected chi connectivity index (χ2v) is 6.57. The third-order valence-electron chi connectivity index (χ3n) is 4.29. The van der Waals surface area contributed by atoms with Crippen molar-refractivity contribution < 1.29 is 18.0 Å². The van der Waals surface area contributed by atoms with Gasteiger partial charge in [-0.05, 0) is 30.8 Å². The molecular formula is C17H19F3N4OS. The van der Waals surface area contributed by atoms with Gasteiger partial charge in [-0.3, -0.25) is 14.3 Å². The minimum Gasteiger partial charge on any atom is -0.336 e. The zero-order valence-corrected chi connectivity index (χ0v) is 14.8. The number of alkyl halides is 3. The number of halogens is 3. The number of imidazole rings is 1. The van der Waals surface area contributed by atoms with E-state index in [1.807, 2.05) is 30.3 Å². The normalized spacial score (nSPS) is 16.5. The predicted octanol–water partition coefficient (Wildman–Crippen LogP) is 3.25. The van der Waals surface area contributed by atoms with E-state index in [0.29, 0.717) is 30.0 Å². The maximum absolute atomic E-state index is 12.9. The summed E-state index contributed by atoms with van der Waals surface area (Å²) in [7, 11) is 0. The first-order valence-corrected chi connectivity index (χ1v) is 8.70. The van der Waals surface area contributed by atoms with Crippen LogP contribution < -0.4 is 0 Å². The minimum atomic E-state index is -4.23. The van der Waals surface area contributed by atoms with Gasteiger partial charge in [-0.25, -0.2) is 0 Å². The van der Waals surface area contributed by atoms with Crippen molar-refractivity contribution in [2.75, 3.05) is 32.7 Å². The molecule has 0 bridgehead atoms. The van der Waals surface area contributed by atoms with Gasteiger partial charge in [0.1, 0.15) is 5.69 Å². The molecule has 1 fully saturated rings. The average molecular weight is 384 g/mol. The summed E-state index contributed by atoms with van der Waals surface area (Å²) >= 11 is 5.28. The second-order valence-electron chi connectivity index (χ2n) is 6.19. The third-order valence-corrected chi connectivity index (χ3v) is 4.59. The SMILES string of the molecule is O=C(c1c[nH]c(=S)n1-c1ccccc1)N1CCCN(CC(F)(F)F)CC1. The van der Waals surface area contributed by atoms with E-state index < -0.39 is 12.7 Å². The lowest BCUT2D eigenvalue weighted by Gasteiger charge is -2.23. The Morgan fingerprint density at radius 1 is 1.12 bits per heavy atom. The van der Waals surface area contributed by atoms with Gasteiger partial charge >= 0.3 is 6.18 Å². The van der Waals surface area contributed by atoms with Gasteiger partial charge in [-0.15, -0.1) is 0 Å². The number of rotatable bonds is 3. The highest BCUT2D eigenvalue weighted by Gasteiger charge is 2.32. The molecule has 1 saturated heterocycles. The fraction of sp³-hybridized carbons (Fsp3) is 0.412. The standard InChI is InChI=1S/C17H19F3N4OS/c18-17(19,20)12-22-7-4-8-23(10-9-22)15(25)14-11-21-16(26)24(14)13-5-2-1-3-6-13/h1-3,5-6,11H,4,7-10,12H2,(H,21,26). The smallest absolute Gasteiger partial charge is 0.336 e. The van der Waals surface area contributed by atoms with Crippen LogP contribution in [0.4, 0.5) is 13.2 Å². The quantitative estimate of drug-likeness (QED) is 0.827. The molecule has 2 heterocycles. The number of carbonyl (C=O) groups is 1. The fourth-order valence-electron chi connectivity index (χ4n) is 3.11. The van der Waals surface area contributed by atoms with Crippen molar-refractivity contribution in [3.63, 3.8) is 0 Å². The highest BCUT2D eigenvalue weighted by atomic mass is 32.1. The summed E-state index contributed by atoms with van der Waals surface area (Å²) in [6.07, 6.45) is -2.18. The Hall–Kier alpha value is -2.13. The van der Waals surface area contributed by atoms with Gasteiger partial charge in [0.25, 0.3) is 5.91 Å². The van der Waals surface area contributed by atoms with Crippen molar-refractivity contribution in [1.82, 2.24) is 19.4 Å². The van der Waals surface area contributed by atoms with E-state index in [1.54, 1.807) is 15.7 Å². The number of para-hydroxylation sites is 1. The number of nitrogens with one attached hydrogen (secondary N) is 1. The minimum absolute atomic E-state index is 0.196. The number of carbonyl (C=O) groups excluding carboxylic acids is 1. The first kappa shape index (κ1) is 18.7. The van der Waals surface area contributed by atoms with E-state index in [4.69, 9.17) is 12.2 Å². The molecule has 0 atom stereocenters. The molecule has 1 N–H and O–H groups in total. The van der Waals surface area contributed by atoms with Gasteiger partial charge in [0.15, 0.2) is 4.77 Å². The molecule has 3 rings (SSSR count). The molecule has 1 aromatic carbocycles. The zero-order chi connectivity index (χ0) is 18.7. The fourth-order valence-corrected chi connectivity index (χ4v) is 3.37. The number of H-pyrrole nitrogens is 1. The topological polar surface area (TPSA) is 44.3 Å². The van der Waals surface area contributed by atoms with Crippen molar-refractivity contribution in [1.29, 1.82) is 0 Å². The highest BCUT2D eigenvalue weighted by molar-refractivity contribution is 7.71. The lowest BCUT2D eigenvalue weighted by molar-refractivity contribution is -0.145. The molecule has 5 nitrogen and oxygen atoms in total. The molecule has 0 spiro atoms. The number of aromatic amines is 1. The molecule has 0 saturated carbocycles. The van der Waals surface area contributed by atoms with E-state index in [0.717, 1.165) is 5.69 Å². The molecule has 1 amide bonds. The van der Waals surface area contributed by atoms with Gasteiger partial charge in [0.2, 0.25) is 0 Å². The van der Waals surface area contributed by atoms with Crippen LogP contribution in [0.25, 0.3) is 5.69 Å². The largest absolute Gasteiger partial charge is 0.401 e. The van der Waals surface area contributed by atoms with Crippen LogP contribution in [0.2, 0.25) is 0 Å². The molecule has 0 radical (unpaired) electrons. The molecule has 0 unspecified atom stereocenters. The molecule has 1 aliphatic heterocycles. The maximum Gasteiger partial charge on any atom is 0.401 e. The number of nitrogens with zero attached hydrogens (tertiary/aromatic N) is 3. The van der Waals surface area contributed by atoms with Gasteiger partial charge < -0.3 is 9.88 Å². The summed E-state index contributed by atoms with van der Waals surface area (Å²) in [4.78, 5) is 18.8. The molecular weight excluding hydrogens is 365 g/mol. The van der Waals surface area contributed by atoms with Crippen molar-refractivity contribution in [2.24, 2.45) is 0 Å². The van der Waals surface area contributed by atoms with Crippen LogP contribution in [0.3, 0.4) is 0 Å². The summed E-state index contributed by atoms with van der Waals surface area (Å²) in [6.45, 7) is 0.240. The molecule has 0 aliphatic carbocycles. The van der Waals surface area contributed by atoms with Crippen LogP contribution >= 0.6 is 12.2 Å². The number of hydrogen-bond donors (Lipinski definition) is 1. The van der Waals surface area contributed by atoms with Gasteiger partial charge in [-0.2, -0.15) is 13.2 Å². The molecule has 1 aromatic heterocycles. The Morgan fingerprint density at radius 2 is 1.85 bits per heavy atom. The van der Waals surface area contributed by atoms with Crippen molar-refractivity contribution in [3.8, 4) is 5.69 Å². The number of amides is 1. The van der Waals surface area contributed by atoms with Crippen LogP contribution in [-0.4, -0.2) is 64.2 Å². The summed E-state index contributed by atoms with van der Waals surface area (Å²) in [5, 5.41) is 0. The zero-order valence-electron chi connectivity index (χ0n) is 14.0. The van der Waals surface area contributed by atoms with E-state index >= 15 is 0 Å². The molecule has 26 heavy (non-hydrogen) atoms. The van der Waals surface area contributed by atoms with Crippen LogP contribution in [0.5, 0.6) is 0 Å². The third kappa shape index (κ3) is 4.34. The predicted molar refractivity (Wildman–Crippen MR) is 94.0 cm³/mol. The average Bonchev–Trinajstić information content (AvgIpc) is 2.82. The number of hydrogen-bond acceptors (Lipinski definition) is 3. The van der Waals surface area contributed by atoms with Crippen molar-refractivity contribution in [2.45, 2.75) is 12.6 Å². The Bertz CT molecular complexity index is 815. The van der Waals surface area contributed by atoms with Crippen LogP contribution in [0.1, 0.15) is 16.9 Å². The van der Waals surface area contributed by atoms with E-state index in [2.05, 4.69) is 4.98 Å². The van der Waals surface area contributed by atoms with Gasteiger partial charge in [0.05, 0.1) is 6.54 Å². The maximum atomic E-state index is 12.9. The Morgan fingerprint density at radius 3 is 2.54 bits per heavy atom. The van der Waals surface area contributed by atoms with E-state index in [1.165, 1.54) is 4.90 Å². The van der Waals surface area contributed by atoms with Crippen LogP contribution in [-0.2, 0) is 0 Å². The second kappa shape index (κ2) is 7.63. The van der Waals surface area contributed by atoms with Gasteiger partial charge in [0, 0.05) is 38.1 Å². The Labute approximate surface area is 154 Å². The number of aromatic nitrogens is 2. The number of benzene rings is 1. The Kier molecular flexibility index (Phi) is 5.47. The molecule has 9 heteroatoms. The summed E-state index contributed by atoms with van der Waals surface area (Å²) in [6, 6.07) is 9.24. The van der Waals surface area contributed by atoms with Gasteiger partial charge in [-0.1, -0.05) is 18.2 Å². The first-order valence-electron chi connectivity index (χ1n) is 8.29. The molecule has 2 aromatic rings. The summed E-state index contributed by atoms with van der Waals surface area (Å²) in [5.41, 5.74) is 1.14. The Balaban J connectivity index is 1.78. The lowest BCUT2D eigenvalue weighted by Crippen LogP contribution is -2.39. The van der Waals surface area contributed by atoms with Crippen molar-refractivity contribution >= 4 is 18.1 Å². The summed E-state index contributed by atoms with van der Waals surface area (Å²) < 4.78 is 39.8. The van der Waals surface area contributed by atoms with Crippen LogP contribution in [0, 0.1) is 4.77 Å². The molecule has 140 valence electrons. The van der Waals surface area contributed by atoms with Crippen LogP contribution in [0.15, 0.2) is 36.5 Å². The van der Waals surface area contributed by atoms with E-state index in [-0.39, 0.29) is 19.0 Å². The first-order chi connectivity index (χ1) is 12.3.